The lowest BCUT2D eigenvalue weighted by atomic mass is 10.3. The normalized spacial score (nSPS) is 16.8. The molecule has 2 aromatic rings. The standard InChI is InChI=1S/C16H24N4O3S/c1-2-3-6-20-15-5-4-13(24(17,21)22)11-14(15)18-16(20)12-19-7-9-23-10-8-19/h4-5,11H,2-3,6-10,12H2,1H3,(H2,17,21,22). The van der Waals surface area contributed by atoms with Gasteiger partial charge in [-0.1, -0.05) is 13.3 Å². The number of aromatic nitrogens is 2. The van der Waals surface area contributed by atoms with Crippen molar-refractivity contribution in [2.24, 2.45) is 5.14 Å². The highest BCUT2D eigenvalue weighted by molar-refractivity contribution is 7.89. The number of morpholine rings is 1. The van der Waals surface area contributed by atoms with Gasteiger partial charge in [0.25, 0.3) is 0 Å². The SMILES string of the molecule is CCCCn1c(CN2CCOCC2)nc2cc(S(N)(=O)=O)ccc21. The zero-order valence-electron chi connectivity index (χ0n) is 13.9. The van der Waals surface area contributed by atoms with Crippen LogP contribution in [0, 0.1) is 0 Å². The van der Waals surface area contributed by atoms with Crippen molar-refractivity contribution < 1.29 is 13.2 Å². The number of primary sulfonamides is 1. The average molecular weight is 352 g/mol. The van der Waals surface area contributed by atoms with Crippen molar-refractivity contribution in [3.63, 3.8) is 0 Å². The maximum atomic E-state index is 11.6. The number of imidazole rings is 1. The lowest BCUT2D eigenvalue weighted by Crippen LogP contribution is -2.36. The van der Waals surface area contributed by atoms with Crippen molar-refractivity contribution >= 4 is 21.1 Å². The van der Waals surface area contributed by atoms with Gasteiger partial charge >= 0.3 is 0 Å². The van der Waals surface area contributed by atoms with Crippen LogP contribution in [0.5, 0.6) is 0 Å². The third-order valence-electron chi connectivity index (χ3n) is 4.33. The largest absolute Gasteiger partial charge is 0.379 e. The molecule has 1 aromatic heterocycles. The topological polar surface area (TPSA) is 90.4 Å². The highest BCUT2D eigenvalue weighted by Crippen LogP contribution is 2.22. The first kappa shape index (κ1) is 17.3. The Labute approximate surface area is 142 Å². The molecule has 2 heterocycles. The second kappa shape index (κ2) is 7.18. The molecule has 7 nitrogen and oxygen atoms in total. The van der Waals surface area contributed by atoms with E-state index in [1.54, 1.807) is 18.2 Å². The molecule has 1 aliphatic heterocycles. The summed E-state index contributed by atoms with van der Waals surface area (Å²) in [6.45, 7) is 7.03. The van der Waals surface area contributed by atoms with Crippen LogP contribution in [-0.2, 0) is 27.8 Å². The summed E-state index contributed by atoms with van der Waals surface area (Å²) >= 11 is 0. The number of benzene rings is 1. The number of nitrogens with zero attached hydrogens (tertiary/aromatic N) is 3. The minimum Gasteiger partial charge on any atom is -0.379 e. The number of ether oxygens (including phenoxy) is 1. The van der Waals surface area contributed by atoms with Crippen molar-refractivity contribution in [1.29, 1.82) is 0 Å². The van der Waals surface area contributed by atoms with E-state index < -0.39 is 10.0 Å². The van der Waals surface area contributed by atoms with Gasteiger partial charge in [0, 0.05) is 19.6 Å². The fraction of sp³-hybridized carbons (Fsp3) is 0.562. The van der Waals surface area contributed by atoms with Gasteiger partial charge in [-0.05, 0) is 24.6 Å². The smallest absolute Gasteiger partial charge is 0.238 e. The van der Waals surface area contributed by atoms with E-state index in [2.05, 4.69) is 16.4 Å². The van der Waals surface area contributed by atoms with Crippen molar-refractivity contribution in [3.8, 4) is 0 Å². The molecule has 0 spiro atoms. The number of hydrogen-bond acceptors (Lipinski definition) is 5. The molecule has 8 heteroatoms. The molecule has 0 saturated carbocycles. The molecule has 0 bridgehead atoms. The highest BCUT2D eigenvalue weighted by Gasteiger charge is 2.18. The van der Waals surface area contributed by atoms with Gasteiger partial charge in [-0.15, -0.1) is 0 Å². The molecule has 0 radical (unpaired) electrons. The number of aryl methyl sites for hydroxylation is 1. The molecular weight excluding hydrogens is 328 g/mol. The summed E-state index contributed by atoms with van der Waals surface area (Å²) in [6, 6.07) is 4.93. The summed E-state index contributed by atoms with van der Waals surface area (Å²) in [7, 11) is -3.72. The van der Waals surface area contributed by atoms with Gasteiger partial charge in [-0.3, -0.25) is 4.90 Å². The number of nitrogens with two attached hydrogens (primary N) is 1. The van der Waals surface area contributed by atoms with Crippen LogP contribution in [0.4, 0.5) is 0 Å². The van der Waals surface area contributed by atoms with E-state index in [9.17, 15) is 8.42 Å². The van der Waals surface area contributed by atoms with E-state index in [-0.39, 0.29) is 4.90 Å². The Morgan fingerprint density at radius 3 is 2.71 bits per heavy atom. The lowest BCUT2D eigenvalue weighted by Gasteiger charge is -2.26. The van der Waals surface area contributed by atoms with Crippen LogP contribution >= 0.6 is 0 Å². The molecule has 24 heavy (non-hydrogen) atoms. The van der Waals surface area contributed by atoms with Gasteiger partial charge in [0.15, 0.2) is 0 Å². The van der Waals surface area contributed by atoms with Crippen molar-refractivity contribution in [3.05, 3.63) is 24.0 Å². The monoisotopic (exact) mass is 352 g/mol. The van der Waals surface area contributed by atoms with Gasteiger partial charge in [-0.2, -0.15) is 0 Å². The molecule has 0 atom stereocenters. The highest BCUT2D eigenvalue weighted by atomic mass is 32.2. The molecule has 1 aliphatic rings. The van der Waals surface area contributed by atoms with E-state index in [4.69, 9.17) is 14.9 Å². The number of rotatable bonds is 6. The Morgan fingerprint density at radius 1 is 1.29 bits per heavy atom. The van der Waals surface area contributed by atoms with E-state index in [0.717, 1.165) is 63.6 Å². The van der Waals surface area contributed by atoms with E-state index >= 15 is 0 Å². The zero-order valence-corrected chi connectivity index (χ0v) is 14.8. The average Bonchev–Trinajstić information content (AvgIpc) is 2.89. The van der Waals surface area contributed by atoms with Crippen LogP contribution in [0.1, 0.15) is 25.6 Å². The first-order valence-electron chi connectivity index (χ1n) is 8.31. The van der Waals surface area contributed by atoms with E-state index in [1.807, 2.05) is 0 Å². The Kier molecular flexibility index (Phi) is 5.19. The molecule has 3 rings (SSSR count). The van der Waals surface area contributed by atoms with Gasteiger partial charge in [-0.25, -0.2) is 18.5 Å². The first-order valence-corrected chi connectivity index (χ1v) is 9.85. The van der Waals surface area contributed by atoms with Crippen LogP contribution in [0.25, 0.3) is 11.0 Å². The second-order valence-electron chi connectivity index (χ2n) is 6.12. The van der Waals surface area contributed by atoms with Crippen LogP contribution in [0.15, 0.2) is 23.1 Å². The number of hydrogen-bond donors (Lipinski definition) is 1. The molecule has 0 aliphatic carbocycles. The molecule has 2 N–H and O–H groups in total. The number of unbranched alkanes of at least 4 members (excludes halogenated alkanes) is 1. The van der Waals surface area contributed by atoms with Crippen molar-refractivity contribution in [2.45, 2.75) is 37.8 Å². The molecule has 1 aromatic carbocycles. The molecule has 1 saturated heterocycles. The Balaban J connectivity index is 1.98. The third-order valence-corrected chi connectivity index (χ3v) is 5.24. The van der Waals surface area contributed by atoms with E-state index in [1.165, 1.54) is 0 Å². The predicted molar refractivity (Wildman–Crippen MR) is 92.1 cm³/mol. The van der Waals surface area contributed by atoms with Gasteiger partial charge in [0.05, 0.1) is 35.7 Å². The summed E-state index contributed by atoms with van der Waals surface area (Å²) in [5.74, 6) is 0.965. The molecular formula is C16H24N4O3S. The number of fused-ring (bicyclic) bond motifs is 1. The van der Waals surface area contributed by atoms with E-state index in [0.29, 0.717) is 5.52 Å². The maximum absolute atomic E-state index is 11.6. The van der Waals surface area contributed by atoms with Crippen LogP contribution in [-0.4, -0.2) is 49.2 Å². The van der Waals surface area contributed by atoms with Crippen LogP contribution < -0.4 is 5.14 Å². The molecule has 1 fully saturated rings. The minimum atomic E-state index is -3.72. The Morgan fingerprint density at radius 2 is 2.04 bits per heavy atom. The summed E-state index contributed by atoms with van der Waals surface area (Å²) < 4.78 is 30.7. The maximum Gasteiger partial charge on any atom is 0.238 e. The molecule has 0 amide bonds. The fourth-order valence-corrected chi connectivity index (χ4v) is 3.52. The number of sulfonamides is 1. The summed E-state index contributed by atoms with van der Waals surface area (Å²) in [6.07, 6.45) is 2.14. The van der Waals surface area contributed by atoms with Gasteiger partial charge in [0.1, 0.15) is 5.82 Å². The summed E-state index contributed by atoms with van der Waals surface area (Å²) in [5.41, 5.74) is 1.64. The fourth-order valence-electron chi connectivity index (χ4n) is 2.98. The summed E-state index contributed by atoms with van der Waals surface area (Å²) in [5, 5.41) is 5.24. The Bertz CT molecular complexity index is 810. The molecule has 0 unspecified atom stereocenters. The third kappa shape index (κ3) is 3.77. The van der Waals surface area contributed by atoms with Crippen LogP contribution in [0.2, 0.25) is 0 Å². The predicted octanol–water partition coefficient (Wildman–Crippen LogP) is 1.32. The Hall–Kier alpha value is -1.48. The van der Waals surface area contributed by atoms with Crippen molar-refractivity contribution in [1.82, 2.24) is 14.5 Å². The van der Waals surface area contributed by atoms with Crippen LogP contribution in [0.3, 0.4) is 0 Å². The lowest BCUT2D eigenvalue weighted by molar-refractivity contribution is 0.0326. The quantitative estimate of drug-likeness (QED) is 0.847. The second-order valence-corrected chi connectivity index (χ2v) is 7.68. The first-order chi connectivity index (χ1) is 11.5. The minimum absolute atomic E-state index is 0.105. The van der Waals surface area contributed by atoms with Gasteiger partial charge in [0.2, 0.25) is 10.0 Å². The zero-order chi connectivity index (χ0) is 17.2. The van der Waals surface area contributed by atoms with Crippen molar-refractivity contribution in [2.75, 3.05) is 26.3 Å². The summed E-state index contributed by atoms with van der Waals surface area (Å²) in [4.78, 5) is 7.11. The van der Waals surface area contributed by atoms with Gasteiger partial charge < -0.3 is 9.30 Å². The molecule has 132 valence electrons.